The fourth-order valence-electron chi connectivity index (χ4n) is 2.81. The van der Waals surface area contributed by atoms with Gasteiger partial charge in [0, 0.05) is 51.8 Å². The zero-order chi connectivity index (χ0) is 16.7. The molecule has 1 aromatic carbocycles. The van der Waals surface area contributed by atoms with E-state index in [1.54, 1.807) is 11.9 Å². The quantitative estimate of drug-likeness (QED) is 0.781. The summed E-state index contributed by atoms with van der Waals surface area (Å²) in [5.74, 6) is -0.0468. The van der Waals surface area contributed by atoms with E-state index in [9.17, 15) is 9.59 Å². The molecule has 2 amide bonds. The van der Waals surface area contributed by atoms with Gasteiger partial charge in [0.1, 0.15) is 0 Å². The van der Waals surface area contributed by atoms with Crippen molar-refractivity contribution in [3.63, 3.8) is 0 Å². The summed E-state index contributed by atoms with van der Waals surface area (Å²) in [6.07, 6.45) is 3.09. The number of hydrogen-bond donors (Lipinski definition) is 1. The van der Waals surface area contributed by atoms with Gasteiger partial charge in [-0.15, -0.1) is 0 Å². The van der Waals surface area contributed by atoms with Crippen LogP contribution in [-0.2, 0) is 9.59 Å². The van der Waals surface area contributed by atoms with Crippen LogP contribution in [0.5, 0.6) is 0 Å². The van der Waals surface area contributed by atoms with Crippen molar-refractivity contribution in [1.82, 2.24) is 10.2 Å². The maximum Gasteiger partial charge on any atom is 0.223 e. The number of piperidine rings is 1. The van der Waals surface area contributed by atoms with Crippen LogP contribution in [-0.4, -0.2) is 50.4 Å². The highest BCUT2D eigenvalue weighted by Gasteiger charge is 2.28. The number of rotatable bonds is 7. The minimum Gasteiger partial charge on any atom is -0.375 e. The molecule has 0 bridgehead atoms. The number of anilines is 1. The molecule has 1 heterocycles. The van der Waals surface area contributed by atoms with Gasteiger partial charge in [-0.05, 0) is 31.4 Å². The third-order valence-corrected chi connectivity index (χ3v) is 4.45. The molecule has 1 N–H and O–H groups in total. The Morgan fingerprint density at radius 3 is 2.74 bits per heavy atom. The van der Waals surface area contributed by atoms with Gasteiger partial charge < -0.3 is 15.1 Å². The maximum atomic E-state index is 12.1. The third kappa shape index (κ3) is 5.27. The summed E-state index contributed by atoms with van der Waals surface area (Å²) in [5, 5.41) is 2.97. The van der Waals surface area contributed by atoms with Crippen LogP contribution in [0, 0.1) is 5.92 Å². The lowest BCUT2D eigenvalue weighted by molar-refractivity contribution is -0.139. The van der Waals surface area contributed by atoms with Crippen LogP contribution in [0.2, 0.25) is 0 Å². The Morgan fingerprint density at radius 1 is 1.30 bits per heavy atom. The predicted octanol–water partition coefficient (Wildman–Crippen LogP) is 1.89. The van der Waals surface area contributed by atoms with E-state index in [2.05, 4.69) is 29.4 Å². The minimum absolute atomic E-state index is 0.0304. The molecule has 1 atom stereocenters. The Hall–Kier alpha value is -2.04. The highest BCUT2D eigenvalue weighted by Crippen LogP contribution is 2.17. The monoisotopic (exact) mass is 317 g/mol. The number of unbranched alkanes of at least 4 members (excludes halogenated alkanes) is 1. The molecular formula is C18H27N3O2. The standard InChI is InChI=1S/C18H27N3O2/c1-20(16-8-4-3-5-9-16)12-7-6-11-19-18(23)15-10-13-21(2)17(22)14-15/h3-5,8-9,15H,6-7,10-14H2,1-2H3,(H,19,23). The minimum atomic E-state index is -0.148. The molecule has 126 valence electrons. The molecule has 1 unspecified atom stereocenters. The van der Waals surface area contributed by atoms with E-state index < -0.39 is 0 Å². The second-order valence-electron chi connectivity index (χ2n) is 6.26. The topological polar surface area (TPSA) is 52.7 Å². The number of para-hydroxylation sites is 1. The first kappa shape index (κ1) is 17.3. The van der Waals surface area contributed by atoms with Crippen LogP contribution in [0.3, 0.4) is 0 Å². The Labute approximate surface area is 138 Å². The number of carbonyl (C=O) groups excluding carboxylic acids is 2. The van der Waals surface area contributed by atoms with Crippen molar-refractivity contribution in [2.45, 2.75) is 25.7 Å². The van der Waals surface area contributed by atoms with Gasteiger partial charge in [-0.1, -0.05) is 18.2 Å². The number of nitrogens with zero attached hydrogens (tertiary/aromatic N) is 2. The lowest BCUT2D eigenvalue weighted by Gasteiger charge is -2.27. The summed E-state index contributed by atoms with van der Waals surface area (Å²) in [7, 11) is 3.87. The molecule has 2 rings (SSSR count). The number of carbonyl (C=O) groups is 2. The fraction of sp³-hybridized carbons (Fsp3) is 0.556. The van der Waals surface area contributed by atoms with Crippen LogP contribution in [0.15, 0.2) is 30.3 Å². The highest BCUT2D eigenvalue weighted by molar-refractivity contribution is 5.86. The van der Waals surface area contributed by atoms with Crippen LogP contribution < -0.4 is 10.2 Å². The lowest BCUT2D eigenvalue weighted by atomic mass is 9.95. The molecule has 0 aliphatic carbocycles. The molecule has 0 aromatic heterocycles. The van der Waals surface area contributed by atoms with E-state index in [1.807, 2.05) is 18.2 Å². The number of hydrogen-bond acceptors (Lipinski definition) is 3. The zero-order valence-corrected chi connectivity index (χ0v) is 14.1. The number of likely N-dealkylation sites (tertiary alicyclic amines) is 1. The van der Waals surface area contributed by atoms with E-state index in [-0.39, 0.29) is 17.7 Å². The Morgan fingerprint density at radius 2 is 2.04 bits per heavy atom. The molecular weight excluding hydrogens is 290 g/mol. The fourth-order valence-corrected chi connectivity index (χ4v) is 2.81. The summed E-state index contributed by atoms with van der Waals surface area (Å²) in [4.78, 5) is 27.6. The molecule has 0 radical (unpaired) electrons. The van der Waals surface area contributed by atoms with Crippen molar-refractivity contribution in [2.24, 2.45) is 5.92 Å². The Bertz CT molecular complexity index is 518. The smallest absolute Gasteiger partial charge is 0.223 e. The Kier molecular flexibility index (Phi) is 6.44. The summed E-state index contributed by atoms with van der Waals surface area (Å²) in [5.41, 5.74) is 1.21. The second-order valence-corrected chi connectivity index (χ2v) is 6.26. The Balaban J connectivity index is 1.60. The van der Waals surface area contributed by atoms with Gasteiger partial charge >= 0.3 is 0 Å². The first-order valence-corrected chi connectivity index (χ1v) is 8.36. The molecule has 5 nitrogen and oxygen atoms in total. The van der Waals surface area contributed by atoms with E-state index in [0.29, 0.717) is 19.5 Å². The van der Waals surface area contributed by atoms with Crippen LogP contribution in [0.1, 0.15) is 25.7 Å². The van der Waals surface area contributed by atoms with Crippen LogP contribution in [0.25, 0.3) is 0 Å². The lowest BCUT2D eigenvalue weighted by Crippen LogP contribution is -2.42. The van der Waals surface area contributed by atoms with E-state index in [4.69, 9.17) is 0 Å². The van der Waals surface area contributed by atoms with Crippen molar-refractivity contribution in [2.75, 3.05) is 38.6 Å². The van der Waals surface area contributed by atoms with Gasteiger partial charge in [-0.2, -0.15) is 0 Å². The first-order valence-electron chi connectivity index (χ1n) is 8.36. The van der Waals surface area contributed by atoms with Gasteiger partial charge in [0.25, 0.3) is 0 Å². The SMILES string of the molecule is CN1CCC(C(=O)NCCCCN(C)c2ccccc2)CC1=O. The number of benzene rings is 1. The summed E-state index contributed by atoms with van der Waals surface area (Å²) in [6.45, 7) is 2.33. The van der Waals surface area contributed by atoms with E-state index in [0.717, 1.165) is 25.8 Å². The van der Waals surface area contributed by atoms with Gasteiger partial charge in [0.2, 0.25) is 11.8 Å². The van der Waals surface area contributed by atoms with Crippen molar-refractivity contribution in [1.29, 1.82) is 0 Å². The van der Waals surface area contributed by atoms with Crippen molar-refractivity contribution in [3.05, 3.63) is 30.3 Å². The van der Waals surface area contributed by atoms with Crippen molar-refractivity contribution in [3.8, 4) is 0 Å². The maximum absolute atomic E-state index is 12.1. The van der Waals surface area contributed by atoms with Crippen molar-refractivity contribution < 1.29 is 9.59 Å². The molecule has 1 aliphatic heterocycles. The normalized spacial score (nSPS) is 17.9. The van der Waals surface area contributed by atoms with Gasteiger partial charge in [-0.25, -0.2) is 0 Å². The summed E-state index contributed by atoms with van der Waals surface area (Å²) < 4.78 is 0. The molecule has 0 spiro atoms. The molecule has 0 saturated carbocycles. The molecule has 23 heavy (non-hydrogen) atoms. The summed E-state index contributed by atoms with van der Waals surface area (Å²) in [6, 6.07) is 10.3. The second kappa shape index (κ2) is 8.56. The predicted molar refractivity (Wildman–Crippen MR) is 92.3 cm³/mol. The van der Waals surface area contributed by atoms with Crippen LogP contribution >= 0.6 is 0 Å². The molecule has 5 heteroatoms. The average molecular weight is 317 g/mol. The van der Waals surface area contributed by atoms with Gasteiger partial charge in [0.05, 0.1) is 0 Å². The molecule has 1 aromatic rings. The first-order chi connectivity index (χ1) is 11.1. The molecule has 1 fully saturated rings. The number of amides is 2. The number of nitrogens with one attached hydrogen (secondary N) is 1. The zero-order valence-electron chi connectivity index (χ0n) is 14.1. The van der Waals surface area contributed by atoms with Gasteiger partial charge in [-0.3, -0.25) is 9.59 Å². The molecule has 1 saturated heterocycles. The van der Waals surface area contributed by atoms with Crippen LogP contribution in [0.4, 0.5) is 5.69 Å². The van der Waals surface area contributed by atoms with Gasteiger partial charge in [0.15, 0.2) is 0 Å². The van der Waals surface area contributed by atoms with E-state index in [1.165, 1.54) is 5.69 Å². The highest BCUT2D eigenvalue weighted by atomic mass is 16.2. The van der Waals surface area contributed by atoms with E-state index >= 15 is 0 Å². The van der Waals surface area contributed by atoms with Crippen molar-refractivity contribution >= 4 is 17.5 Å². The molecule has 1 aliphatic rings. The third-order valence-electron chi connectivity index (χ3n) is 4.45. The average Bonchev–Trinajstić information content (AvgIpc) is 2.57. The largest absolute Gasteiger partial charge is 0.375 e. The summed E-state index contributed by atoms with van der Waals surface area (Å²) >= 11 is 0.